The van der Waals surface area contributed by atoms with Crippen molar-refractivity contribution in [2.75, 3.05) is 6.54 Å². The van der Waals surface area contributed by atoms with Gasteiger partial charge >= 0.3 is 0 Å². The average molecular weight is 190 g/mol. The monoisotopic (exact) mass is 190 g/mol. The van der Waals surface area contributed by atoms with Crippen LogP contribution in [0.4, 0.5) is 0 Å². The maximum absolute atomic E-state index is 5.75. The van der Waals surface area contributed by atoms with E-state index < -0.39 is 0 Å². The van der Waals surface area contributed by atoms with E-state index in [2.05, 4.69) is 31.8 Å². The molecule has 76 valence electrons. The van der Waals surface area contributed by atoms with Gasteiger partial charge in [0.2, 0.25) is 0 Å². The van der Waals surface area contributed by atoms with Gasteiger partial charge in [-0.3, -0.25) is 4.98 Å². The summed E-state index contributed by atoms with van der Waals surface area (Å²) < 4.78 is 0. The molecule has 0 bridgehead atoms. The molecule has 0 spiro atoms. The second-order valence-corrected chi connectivity index (χ2v) is 4.90. The molecule has 0 amide bonds. The minimum absolute atomic E-state index is 0.343. The largest absolute Gasteiger partial charge is 0.330 e. The summed E-state index contributed by atoms with van der Waals surface area (Å²) in [4.78, 5) is 4.44. The maximum Gasteiger partial charge on any atom is 0.0446 e. The zero-order chi connectivity index (χ0) is 10.3. The topological polar surface area (TPSA) is 38.9 Å². The summed E-state index contributed by atoms with van der Waals surface area (Å²) in [5.74, 6) is 1.17. The molecule has 1 aromatic heterocycles. The number of aromatic nitrogens is 1. The molecule has 0 aliphatic heterocycles. The lowest BCUT2D eigenvalue weighted by Gasteiger charge is -2.02. The predicted octanol–water partition coefficient (Wildman–Crippen LogP) is 2.09. The molecule has 14 heavy (non-hydrogen) atoms. The van der Waals surface area contributed by atoms with Gasteiger partial charge in [0.1, 0.15) is 0 Å². The first-order chi connectivity index (χ1) is 6.57. The van der Waals surface area contributed by atoms with Crippen molar-refractivity contribution in [3.8, 4) is 0 Å². The summed E-state index contributed by atoms with van der Waals surface area (Å²) >= 11 is 0. The summed E-state index contributed by atoms with van der Waals surface area (Å²) in [6.45, 7) is 7.43. The van der Waals surface area contributed by atoms with Crippen molar-refractivity contribution in [2.45, 2.75) is 26.7 Å². The van der Waals surface area contributed by atoms with E-state index in [-0.39, 0.29) is 0 Å². The van der Waals surface area contributed by atoms with Gasteiger partial charge in [0.25, 0.3) is 0 Å². The van der Waals surface area contributed by atoms with Gasteiger partial charge in [-0.25, -0.2) is 0 Å². The zero-order valence-electron chi connectivity index (χ0n) is 9.12. The minimum atomic E-state index is 0.343. The van der Waals surface area contributed by atoms with Crippen LogP contribution in [0.1, 0.15) is 31.0 Å². The van der Waals surface area contributed by atoms with Crippen molar-refractivity contribution in [2.24, 2.45) is 17.1 Å². The number of pyridine rings is 1. The van der Waals surface area contributed by atoms with Crippen molar-refractivity contribution in [3.05, 3.63) is 29.6 Å². The van der Waals surface area contributed by atoms with Gasteiger partial charge in [-0.15, -0.1) is 0 Å². The van der Waals surface area contributed by atoms with Gasteiger partial charge in [0.15, 0.2) is 0 Å². The highest BCUT2D eigenvalue weighted by atomic mass is 14.8. The summed E-state index contributed by atoms with van der Waals surface area (Å²) in [5, 5.41) is 0. The summed E-state index contributed by atoms with van der Waals surface area (Å²) in [6.07, 6.45) is 1.90. The first-order valence-corrected chi connectivity index (χ1v) is 5.20. The van der Waals surface area contributed by atoms with Crippen LogP contribution in [0.25, 0.3) is 0 Å². The van der Waals surface area contributed by atoms with Crippen LogP contribution < -0.4 is 5.73 Å². The highest BCUT2D eigenvalue weighted by molar-refractivity contribution is 5.28. The number of nitrogens with two attached hydrogens (primary N) is 1. The third-order valence-electron chi connectivity index (χ3n) is 3.56. The van der Waals surface area contributed by atoms with E-state index in [0.29, 0.717) is 17.3 Å². The molecule has 2 nitrogen and oxygen atoms in total. The highest BCUT2D eigenvalue weighted by Gasteiger charge is 2.57. The molecule has 1 aliphatic carbocycles. The molecule has 0 radical (unpaired) electrons. The Balaban J connectivity index is 2.26. The molecule has 2 heteroatoms. The van der Waals surface area contributed by atoms with Crippen LogP contribution in [-0.4, -0.2) is 11.5 Å². The second kappa shape index (κ2) is 3.06. The Morgan fingerprint density at radius 2 is 2.21 bits per heavy atom. The van der Waals surface area contributed by atoms with Gasteiger partial charge in [-0.05, 0) is 42.5 Å². The fourth-order valence-electron chi connectivity index (χ4n) is 2.50. The Labute approximate surface area is 85.5 Å². The summed E-state index contributed by atoms with van der Waals surface area (Å²) in [5.41, 5.74) is 8.59. The van der Waals surface area contributed by atoms with Crippen molar-refractivity contribution in [1.29, 1.82) is 0 Å². The first-order valence-electron chi connectivity index (χ1n) is 5.20. The molecule has 1 aliphatic rings. The van der Waals surface area contributed by atoms with E-state index in [1.54, 1.807) is 0 Å². The molecule has 2 atom stereocenters. The van der Waals surface area contributed by atoms with Crippen LogP contribution in [0.15, 0.2) is 18.3 Å². The fraction of sp³-hybridized carbons (Fsp3) is 0.583. The molecular weight excluding hydrogens is 172 g/mol. The molecule has 1 aromatic rings. The lowest BCUT2D eigenvalue weighted by molar-refractivity contribution is 0.557. The van der Waals surface area contributed by atoms with Crippen molar-refractivity contribution in [1.82, 2.24) is 4.98 Å². The van der Waals surface area contributed by atoms with Crippen LogP contribution >= 0.6 is 0 Å². The van der Waals surface area contributed by atoms with Crippen molar-refractivity contribution < 1.29 is 0 Å². The Kier molecular flexibility index (Phi) is 2.11. The van der Waals surface area contributed by atoms with Gasteiger partial charge in [0, 0.05) is 17.8 Å². The van der Waals surface area contributed by atoms with Crippen molar-refractivity contribution >= 4 is 0 Å². The van der Waals surface area contributed by atoms with E-state index in [1.165, 1.54) is 11.3 Å². The molecule has 2 N–H and O–H groups in total. The SMILES string of the molecule is Cc1ccnc([C@H]2[C@H](CN)C2(C)C)c1. The van der Waals surface area contributed by atoms with Gasteiger partial charge in [-0.1, -0.05) is 13.8 Å². The number of aryl methyl sites for hydroxylation is 1. The number of hydrogen-bond acceptors (Lipinski definition) is 2. The molecule has 0 unspecified atom stereocenters. The fourth-order valence-corrected chi connectivity index (χ4v) is 2.50. The van der Waals surface area contributed by atoms with Crippen LogP contribution in [0.3, 0.4) is 0 Å². The molecular formula is C12H18N2. The third-order valence-corrected chi connectivity index (χ3v) is 3.56. The predicted molar refractivity (Wildman–Crippen MR) is 58.0 cm³/mol. The zero-order valence-corrected chi connectivity index (χ0v) is 9.12. The second-order valence-electron chi connectivity index (χ2n) is 4.90. The smallest absolute Gasteiger partial charge is 0.0446 e. The van der Waals surface area contributed by atoms with Crippen molar-refractivity contribution in [3.63, 3.8) is 0 Å². The molecule has 0 aromatic carbocycles. The number of nitrogens with zero attached hydrogens (tertiary/aromatic N) is 1. The van der Waals surface area contributed by atoms with Crippen LogP contribution in [0, 0.1) is 18.3 Å². The average Bonchev–Trinajstić information content (AvgIpc) is 2.68. The highest BCUT2D eigenvalue weighted by Crippen LogP contribution is 2.63. The lowest BCUT2D eigenvalue weighted by Crippen LogP contribution is -2.05. The van der Waals surface area contributed by atoms with Crippen LogP contribution in [0.2, 0.25) is 0 Å². The summed E-state index contributed by atoms with van der Waals surface area (Å²) in [7, 11) is 0. The first kappa shape index (κ1) is 9.66. The molecule has 1 heterocycles. The van der Waals surface area contributed by atoms with Gasteiger partial charge in [0.05, 0.1) is 0 Å². The maximum atomic E-state index is 5.75. The Morgan fingerprint density at radius 1 is 1.50 bits per heavy atom. The van der Waals surface area contributed by atoms with E-state index in [0.717, 1.165) is 6.54 Å². The van der Waals surface area contributed by atoms with E-state index in [1.807, 2.05) is 12.3 Å². The molecule has 1 saturated carbocycles. The lowest BCUT2D eigenvalue weighted by atomic mass is 10.1. The Bertz CT molecular complexity index is 344. The minimum Gasteiger partial charge on any atom is -0.330 e. The number of rotatable bonds is 2. The summed E-state index contributed by atoms with van der Waals surface area (Å²) in [6, 6.07) is 4.22. The quantitative estimate of drug-likeness (QED) is 0.775. The van der Waals surface area contributed by atoms with Crippen LogP contribution in [-0.2, 0) is 0 Å². The Hall–Kier alpha value is -0.890. The van der Waals surface area contributed by atoms with Gasteiger partial charge in [-0.2, -0.15) is 0 Å². The molecule has 2 rings (SSSR count). The number of hydrogen-bond donors (Lipinski definition) is 1. The van der Waals surface area contributed by atoms with E-state index in [4.69, 9.17) is 5.73 Å². The molecule has 0 saturated heterocycles. The standard InChI is InChI=1S/C12H18N2/c1-8-4-5-14-10(6-8)11-9(7-13)12(11,2)3/h4-6,9,11H,7,13H2,1-3H3/t9-,11+/m0/s1. The van der Waals surface area contributed by atoms with Crippen LogP contribution in [0.5, 0.6) is 0 Å². The molecule has 1 fully saturated rings. The normalized spacial score (nSPS) is 28.9. The van der Waals surface area contributed by atoms with E-state index >= 15 is 0 Å². The Morgan fingerprint density at radius 3 is 2.71 bits per heavy atom. The van der Waals surface area contributed by atoms with Gasteiger partial charge < -0.3 is 5.73 Å². The third kappa shape index (κ3) is 1.34. The van der Waals surface area contributed by atoms with E-state index in [9.17, 15) is 0 Å².